The van der Waals surface area contributed by atoms with Crippen LogP contribution in [0.1, 0.15) is 52.9 Å². The third kappa shape index (κ3) is 6.69. The third-order valence-electron chi connectivity index (χ3n) is 3.85. The Kier molecular flexibility index (Phi) is 8.98. The molecular weight excluding hydrogens is 298 g/mol. The number of rotatable bonds is 10. The number of nitrogens with one attached hydrogen (secondary N) is 1. The standard InChI is InChI=1S/C18H28ClNO2/c1-4-7-9-14(5-2)13-20-18(21)17(6-3)22-16-11-8-10-15(19)12-16/h8,10-12,14,17H,4-7,9,13H2,1-3H3,(H,20,21)/t14-,17-/m1/s1. The molecule has 0 saturated carbocycles. The molecule has 124 valence electrons. The van der Waals surface area contributed by atoms with Gasteiger partial charge in [-0.05, 0) is 37.0 Å². The molecule has 1 aromatic carbocycles. The van der Waals surface area contributed by atoms with Crippen molar-refractivity contribution in [2.24, 2.45) is 5.92 Å². The van der Waals surface area contributed by atoms with Gasteiger partial charge in [-0.15, -0.1) is 0 Å². The van der Waals surface area contributed by atoms with Crippen LogP contribution in [0.3, 0.4) is 0 Å². The van der Waals surface area contributed by atoms with Crippen molar-refractivity contribution in [3.63, 3.8) is 0 Å². The van der Waals surface area contributed by atoms with Crippen LogP contribution in [0.25, 0.3) is 0 Å². The van der Waals surface area contributed by atoms with E-state index in [1.165, 1.54) is 19.3 Å². The highest BCUT2D eigenvalue weighted by Crippen LogP contribution is 2.19. The smallest absolute Gasteiger partial charge is 0.261 e. The molecule has 0 aromatic heterocycles. The quantitative estimate of drug-likeness (QED) is 0.669. The predicted molar refractivity (Wildman–Crippen MR) is 92.5 cm³/mol. The number of carbonyl (C=O) groups excluding carboxylic acids is 1. The number of carbonyl (C=O) groups is 1. The summed E-state index contributed by atoms with van der Waals surface area (Å²) in [6.07, 6.45) is 4.82. The van der Waals surface area contributed by atoms with Crippen molar-refractivity contribution in [1.82, 2.24) is 5.32 Å². The number of ether oxygens (including phenoxy) is 1. The first-order valence-electron chi connectivity index (χ1n) is 8.30. The van der Waals surface area contributed by atoms with E-state index in [9.17, 15) is 4.79 Å². The highest BCUT2D eigenvalue weighted by Gasteiger charge is 2.19. The topological polar surface area (TPSA) is 38.3 Å². The minimum atomic E-state index is -0.470. The van der Waals surface area contributed by atoms with E-state index in [1.807, 2.05) is 19.1 Å². The summed E-state index contributed by atoms with van der Waals surface area (Å²) in [6.45, 7) is 7.04. The van der Waals surface area contributed by atoms with Crippen molar-refractivity contribution in [2.45, 2.75) is 59.0 Å². The molecule has 1 amide bonds. The SMILES string of the molecule is CCCC[C@@H](CC)CNC(=O)[C@@H](CC)Oc1cccc(Cl)c1. The van der Waals surface area contributed by atoms with Gasteiger partial charge >= 0.3 is 0 Å². The van der Waals surface area contributed by atoms with E-state index in [2.05, 4.69) is 19.2 Å². The van der Waals surface area contributed by atoms with E-state index in [1.54, 1.807) is 12.1 Å². The Hall–Kier alpha value is -1.22. The molecule has 0 bridgehead atoms. The molecule has 1 rings (SSSR count). The Morgan fingerprint density at radius 2 is 2.05 bits per heavy atom. The molecule has 0 aliphatic heterocycles. The molecule has 0 aliphatic carbocycles. The summed E-state index contributed by atoms with van der Waals surface area (Å²) in [5, 5.41) is 3.64. The molecule has 1 aromatic rings. The van der Waals surface area contributed by atoms with Crippen LogP contribution in [-0.2, 0) is 4.79 Å². The first-order valence-corrected chi connectivity index (χ1v) is 8.68. The molecule has 1 N–H and O–H groups in total. The second-order valence-electron chi connectivity index (χ2n) is 5.63. The Morgan fingerprint density at radius 1 is 1.27 bits per heavy atom. The lowest BCUT2D eigenvalue weighted by atomic mass is 9.99. The molecule has 0 spiro atoms. The van der Waals surface area contributed by atoms with Gasteiger partial charge in [-0.25, -0.2) is 0 Å². The van der Waals surface area contributed by atoms with Gasteiger partial charge in [0.25, 0.3) is 5.91 Å². The van der Waals surface area contributed by atoms with Crippen molar-refractivity contribution in [1.29, 1.82) is 0 Å². The minimum Gasteiger partial charge on any atom is -0.481 e. The summed E-state index contributed by atoms with van der Waals surface area (Å²) >= 11 is 5.94. The zero-order chi connectivity index (χ0) is 16.4. The van der Waals surface area contributed by atoms with Gasteiger partial charge in [0, 0.05) is 11.6 Å². The number of halogens is 1. The van der Waals surface area contributed by atoms with Crippen molar-refractivity contribution < 1.29 is 9.53 Å². The lowest BCUT2D eigenvalue weighted by molar-refractivity contribution is -0.128. The molecule has 0 aliphatic rings. The maximum atomic E-state index is 12.3. The summed E-state index contributed by atoms with van der Waals surface area (Å²) in [6, 6.07) is 7.15. The fraction of sp³-hybridized carbons (Fsp3) is 0.611. The van der Waals surface area contributed by atoms with Crippen LogP contribution in [0.5, 0.6) is 5.75 Å². The maximum Gasteiger partial charge on any atom is 0.261 e. The van der Waals surface area contributed by atoms with Gasteiger partial charge in [0.15, 0.2) is 6.10 Å². The fourth-order valence-corrected chi connectivity index (χ4v) is 2.51. The molecule has 0 fully saturated rings. The summed E-state index contributed by atoms with van der Waals surface area (Å²) in [5.41, 5.74) is 0. The van der Waals surface area contributed by atoms with E-state index in [4.69, 9.17) is 16.3 Å². The Bertz CT molecular complexity index is 450. The average molecular weight is 326 g/mol. The summed E-state index contributed by atoms with van der Waals surface area (Å²) in [7, 11) is 0. The summed E-state index contributed by atoms with van der Waals surface area (Å²) < 4.78 is 5.76. The van der Waals surface area contributed by atoms with Gasteiger partial charge in [0.05, 0.1) is 0 Å². The van der Waals surface area contributed by atoms with Crippen LogP contribution in [0.15, 0.2) is 24.3 Å². The van der Waals surface area contributed by atoms with Gasteiger partial charge in [0.2, 0.25) is 0 Å². The largest absolute Gasteiger partial charge is 0.481 e. The van der Waals surface area contributed by atoms with Crippen molar-refractivity contribution in [3.05, 3.63) is 29.3 Å². The number of benzene rings is 1. The lowest BCUT2D eigenvalue weighted by Gasteiger charge is -2.20. The fourth-order valence-electron chi connectivity index (χ4n) is 2.33. The molecule has 4 heteroatoms. The molecule has 0 radical (unpaired) electrons. The van der Waals surface area contributed by atoms with Gasteiger partial charge in [-0.1, -0.05) is 57.7 Å². The van der Waals surface area contributed by atoms with Crippen LogP contribution in [0.4, 0.5) is 0 Å². The third-order valence-corrected chi connectivity index (χ3v) is 4.08. The maximum absolute atomic E-state index is 12.3. The minimum absolute atomic E-state index is 0.0441. The first-order chi connectivity index (χ1) is 10.6. The zero-order valence-corrected chi connectivity index (χ0v) is 14.7. The molecule has 3 nitrogen and oxygen atoms in total. The number of unbranched alkanes of at least 4 members (excludes halogenated alkanes) is 1. The number of amides is 1. The normalized spacial score (nSPS) is 13.5. The first kappa shape index (κ1) is 18.8. The Labute approximate surface area is 139 Å². The Balaban J connectivity index is 2.50. The summed E-state index contributed by atoms with van der Waals surface area (Å²) in [4.78, 5) is 12.3. The molecule has 0 unspecified atom stereocenters. The Morgan fingerprint density at radius 3 is 2.64 bits per heavy atom. The van der Waals surface area contributed by atoms with E-state index in [0.717, 1.165) is 13.0 Å². The highest BCUT2D eigenvalue weighted by molar-refractivity contribution is 6.30. The molecular formula is C18H28ClNO2. The summed E-state index contributed by atoms with van der Waals surface area (Å²) in [5.74, 6) is 1.14. The second kappa shape index (κ2) is 10.5. The van der Waals surface area contributed by atoms with Crippen LogP contribution in [0.2, 0.25) is 5.02 Å². The molecule has 2 atom stereocenters. The average Bonchev–Trinajstić information content (AvgIpc) is 2.52. The van der Waals surface area contributed by atoms with Crippen LogP contribution in [0, 0.1) is 5.92 Å². The molecule has 0 saturated heterocycles. The predicted octanol–water partition coefficient (Wildman–Crippen LogP) is 4.83. The second-order valence-corrected chi connectivity index (χ2v) is 6.07. The monoisotopic (exact) mass is 325 g/mol. The molecule has 22 heavy (non-hydrogen) atoms. The number of hydrogen-bond acceptors (Lipinski definition) is 2. The van der Waals surface area contributed by atoms with E-state index < -0.39 is 6.10 Å². The van der Waals surface area contributed by atoms with E-state index in [0.29, 0.717) is 23.1 Å². The molecule has 0 heterocycles. The van der Waals surface area contributed by atoms with E-state index in [-0.39, 0.29) is 5.91 Å². The van der Waals surface area contributed by atoms with Gasteiger partial charge in [-0.2, -0.15) is 0 Å². The van der Waals surface area contributed by atoms with Crippen molar-refractivity contribution >= 4 is 17.5 Å². The highest BCUT2D eigenvalue weighted by atomic mass is 35.5. The van der Waals surface area contributed by atoms with Gasteiger partial charge in [-0.3, -0.25) is 4.79 Å². The van der Waals surface area contributed by atoms with Gasteiger partial charge < -0.3 is 10.1 Å². The van der Waals surface area contributed by atoms with Crippen LogP contribution >= 0.6 is 11.6 Å². The van der Waals surface area contributed by atoms with Crippen LogP contribution in [-0.4, -0.2) is 18.6 Å². The number of hydrogen-bond donors (Lipinski definition) is 1. The van der Waals surface area contributed by atoms with Crippen LogP contribution < -0.4 is 10.1 Å². The van der Waals surface area contributed by atoms with Gasteiger partial charge in [0.1, 0.15) is 5.75 Å². The lowest BCUT2D eigenvalue weighted by Crippen LogP contribution is -2.40. The van der Waals surface area contributed by atoms with Crippen molar-refractivity contribution in [3.8, 4) is 5.75 Å². The van der Waals surface area contributed by atoms with Crippen molar-refractivity contribution in [2.75, 3.05) is 6.54 Å². The zero-order valence-electron chi connectivity index (χ0n) is 13.9. The van der Waals surface area contributed by atoms with E-state index >= 15 is 0 Å².